The van der Waals surface area contributed by atoms with Crippen molar-refractivity contribution in [2.45, 2.75) is 25.3 Å². The monoisotopic (exact) mass is 343 g/mol. The molecule has 0 aliphatic heterocycles. The molecule has 0 saturated heterocycles. The van der Waals surface area contributed by atoms with Crippen molar-refractivity contribution in [2.75, 3.05) is 7.11 Å². The topological polar surface area (TPSA) is 55.4 Å². The Balaban J connectivity index is 2.08. The summed E-state index contributed by atoms with van der Waals surface area (Å²) in [6, 6.07) is 3.66. The van der Waals surface area contributed by atoms with E-state index in [-0.39, 0.29) is 24.0 Å². The third-order valence-electron chi connectivity index (χ3n) is 3.29. The summed E-state index contributed by atoms with van der Waals surface area (Å²) in [5, 5.41) is 2.79. The van der Waals surface area contributed by atoms with E-state index in [1.165, 1.54) is 25.3 Å². The summed E-state index contributed by atoms with van der Waals surface area (Å²) in [7, 11) is 1.32. The van der Waals surface area contributed by atoms with Crippen LogP contribution in [0.5, 0.6) is 0 Å². The number of rotatable bonds is 5. The van der Waals surface area contributed by atoms with Crippen molar-refractivity contribution in [3.8, 4) is 0 Å². The maximum Gasteiger partial charge on any atom is 0.307 e. The number of ether oxygens (including phenoxy) is 1. The summed E-state index contributed by atoms with van der Waals surface area (Å²) in [6.07, 6.45) is 2.10. The average Bonchev–Trinajstić information content (AvgIpc) is 3.24. The third-order valence-corrected chi connectivity index (χ3v) is 3.99. The number of methoxy groups -OCH3 is 1. The summed E-state index contributed by atoms with van der Waals surface area (Å²) < 4.78 is 18.4. The molecular weight excluding hydrogens is 329 g/mol. The molecule has 108 valence electrons. The van der Waals surface area contributed by atoms with Gasteiger partial charge in [0, 0.05) is 10.5 Å². The second-order valence-electron chi connectivity index (χ2n) is 4.82. The van der Waals surface area contributed by atoms with Gasteiger partial charge in [-0.25, -0.2) is 4.39 Å². The predicted octanol–water partition coefficient (Wildman–Crippen LogP) is 2.66. The first-order chi connectivity index (χ1) is 9.51. The molecule has 0 spiro atoms. The number of hydrogen-bond acceptors (Lipinski definition) is 3. The van der Waals surface area contributed by atoms with E-state index in [1.807, 2.05) is 0 Å². The molecule has 1 aromatic rings. The molecule has 20 heavy (non-hydrogen) atoms. The first-order valence-corrected chi connectivity index (χ1v) is 7.13. The van der Waals surface area contributed by atoms with Gasteiger partial charge in [-0.2, -0.15) is 0 Å². The van der Waals surface area contributed by atoms with Crippen molar-refractivity contribution in [3.05, 3.63) is 34.1 Å². The molecule has 2 rings (SSSR count). The predicted molar refractivity (Wildman–Crippen MR) is 74.7 cm³/mol. The number of carbonyl (C=O) groups excluding carboxylic acids is 2. The molecule has 0 unspecified atom stereocenters. The van der Waals surface area contributed by atoms with Crippen LogP contribution in [0.1, 0.15) is 29.6 Å². The minimum atomic E-state index is -0.478. The van der Waals surface area contributed by atoms with Gasteiger partial charge in [-0.3, -0.25) is 9.59 Å². The fourth-order valence-electron chi connectivity index (χ4n) is 2.01. The van der Waals surface area contributed by atoms with E-state index < -0.39 is 11.7 Å². The Kier molecular flexibility index (Phi) is 4.75. The van der Waals surface area contributed by atoms with Gasteiger partial charge in [-0.1, -0.05) is 0 Å². The Morgan fingerprint density at radius 2 is 2.20 bits per heavy atom. The van der Waals surface area contributed by atoms with Gasteiger partial charge in [0.25, 0.3) is 5.91 Å². The van der Waals surface area contributed by atoms with Gasteiger partial charge in [0.05, 0.1) is 19.1 Å². The van der Waals surface area contributed by atoms with E-state index in [9.17, 15) is 14.0 Å². The second-order valence-corrected chi connectivity index (χ2v) is 5.68. The normalized spacial score (nSPS) is 15.6. The molecule has 6 heteroatoms. The quantitative estimate of drug-likeness (QED) is 0.836. The van der Waals surface area contributed by atoms with E-state index in [4.69, 9.17) is 0 Å². The van der Waals surface area contributed by atoms with E-state index in [0.717, 1.165) is 12.8 Å². The van der Waals surface area contributed by atoms with Crippen LogP contribution in [-0.2, 0) is 9.53 Å². The third kappa shape index (κ3) is 3.79. The molecule has 1 saturated carbocycles. The van der Waals surface area contributed by atoms with Crippen molar-refractivity contribution < 1.29 is 18.7 Å². The Labute approximate surface area is 124 Å². The van der Waals surface area contributed by atoms with Crippen molar-refractivity contribution in [3.63, 3.8) is 0 Å². The van der Waals surface area contributed by atoms with Crippen molar-refractivity contribution in [1.82, 2.24) is 5.32 Å². The molecule has 0 heterocycles. The van der Waals surface area contributed by atoms with Crippen LogP contribution in [0.25, 0.3) is 0 Å². The standard InChI is InChI=1S/C14H15BrFNO3/c1-20-13(18)7-12(8-2-3-8)17-14(19)10-6-9(16)4-5-11(10)15/h4-6,8,12H,2-3,7H2,1H3,(H,17,19)/t12-/m1/s1. The fraction of sp³-hybridized carbons (Fsp3) is 0.429. The zero-order valence-corrected chi connectivity index (χ0v) is 12.6. The molecule has 1 fully saturated rings. The highest BCUT2D eigenvalue weighted by molar-refractivity contribution is 9.10. The Morgan fingerprint density at radius 1 is 1.50 bits per heavy atom. The number of amides is 1. The SMILES string of the molecule is COC(=O)C[C@@H](NC(=O)c1cc(F)ccc1Br)C1CC1. The second kappa shape index (κ2) is 6.35. The van der Waals surface area contributed by atoms with Crippen LogP contribution in [0.3, 0.4) is 0 Å². The first kappa shape index (κ1) is 15.0. The number of halogens is 2. The molecule has 1 aliphatic carbocycles. The van der Waals surface area contributed by atoms with Crippen LogP contribution in [0, 0.1) is 11.7 Å². The summed E-state index contributed by atoms with van der Waals surface area (Å²) >= 11 is 3.22. The van der Waals surface area contributed by atoms with E-state index in [0.29, 0.717) is 10.4 Å². The van der Waals surface area contributed by atoms with Gasteiger partial charge < -0.3 is 10.1 Å². The van der Waals surface area contributed by atoms with Gasteiger partial charge >= 0.3 is 5.97 Å². The summed E-state index contributed by atoms with van der Waals surface area (Å²) in [5.41, 5.74) is 0.223. The van der Waals surface area contributed by atoms with E-state index >= 15 is 0 Å². The van der Waals surface area contributed by atoms with Crippen LogP contribution in [0.2, 0.25) is 0 Å². The lowest BCUT2D eigenvalue weighted by molar-refractivity contribution is -0.141. The molecular formula is C14H15BrFNO3. The van der Waals surface area contributed by atoms with Gasteiger partial charge in [-0.05, 0) is 52.9 Å². The van der Waals surface area contributed by atoms with Crippen molar-refractivity contribution in [1.29, 1.82) is 0 Å². The van der Waals surface area contributed by atoms with Crippen LogP contribution in [0.15, 0.2) is 22.7 Å². The van der Waals surface area contributed by atoms with Crippen LogP contribution >= 0.6 is 15.9 Å². The number of carbonyl (C=O) groups is 2. The summed E-state index contributed by atoms with van der Waals surface area (Å²) in [6.45, 7) is 0. The highest BCUT2D eigenvalue weighted by Gasteiger charge is 2.34. The maximum absolute atomic E-state index is 13.2. The number of benzene rings is 1. The molecule has 0 bridgehead atoms. The lowest BCUT2D eigenvalue weighted by atomic mass is 10.1. The smallest absolute Gasteiger partial charge is 0.307 e. The summed E-state index contributed by atoms with van der Waals surface area (Å²) in [5.74, 6) is -0.933. The molecule has 1 aliphatic rings. The molecule has 1 atom stereocenters. The van der Waals surface area contributed by atoms with E-state index in [1.54, 1.807) is 0 Å². The minimum Gasteiger partial charge on any atom is -0.469 e. The van der Waals surface area contributed by atoms with Gasteiger partial charge in [0.1, 0.15) is 5.82 Å². The molecule has 1 aromatic carbocycles. The van der Waals surface area contributed by atoms with Gasteiger partial charge in [0.15, 0.2) is 0 Å². The van der Waals surface area contributed by atoms with E-state index in [2.05, 4.69) is 26.0 Å². The zero-order chi connectivity index (χ0) is 14.7. The Hall–Kier alpha value is -1.43. The fourth-order valence-corrected chi connectivity index (χ4v) is 2.44. The number of hydrogen-bond donors (Lipinski definition) is 1. The van der Waals surface area contributed by atoms with Crippen molar-refractivity contribution in [2.24, 2.45) is 5.92 Å². The van der Waals surface area contributed by atoms with Crippen LogP contribution in [-0.4, -0.2) is 25.0 Å². The summed E-state index contributed by atoms with van der Waals surface area (Å²) in [4.78, 5) is 23.5. The maximum atomic E-state index is 13.2. The highest BCUT2D eigenvalue weighted by Crippen LogP contribution is 2.34. The first-order valence-electron chi connectivity index (χ1n) is 6.34. The zero-order valence-electron chi connectivity index (χ0n) is 11.0. The molecule has 1 N–H and O–H groups in total. The van der Waals surface area contributed by atoms with Crippen LogP contribution < -0.4 is 5.32 Å². The lowest BCUT2D eigenvalue weighted by Gasteiger charge is -2.17. The molecule has 1 amide bonds. The Morgan fingerprint density at radius 3 is 2.80 bits per heavy atom. The lowest BCUT2D eigenvalue weighted by Crippen LogP contribution is -2.38. The molecule has 0 radical (unpaired) electrons. The van der Waals surface area contributed by atoms with Crippen molar-refractivity contribution >= 4 is 27.8 Å². The van der Waals surface area contributed by atoms with Gasteiger partial charge in [0.2, 0.25) is 0 Å². The minimum absolute atomic E-state index is 0.139. The Bertz CT molecular complexity index is 531. The largest absolute Gasteiger partial charge is 0.469 e. The number of esters is 1. The molecule has 0 aromatic heterocycles. The average molecular weight is 344 g/mol. The highest BCUT2D eigenvalue weighted by atomic mass is 79.9. The van der Waals surface area contributed by atoms with Crippen LogP contribution in [0.4, 0.5) is 4.39 Å². The molecule has 4 nitrogen and oxygen atoms in total. The number of nitrogens with one attached hydrogen (secondary N) is 1. The van der Waals surface area contributed by atoms with Gasteiger partial charge in [-0.15, -0.1) is 0 Å².